The van der Waals surface area contributed by atoms with Crippen LogP contribution in [0.15, 0.2) is 66.9 Å². The third kappa shape index (κ3) is 5.18. The van der Waals surface area contributed by atoms with Crippen molar-refractivity contribution in [1.29, 1.82) is 0 Å². The van der Waals surface area contributed by atoms with Gasteiger partial charge in [-0.25, -0.2) is 4.39 Å². The van der Waals surface area contributed by atoms with E-state index < -0.39 is 5.82 Å². The van der Waals surface area contributed by atoms with Crippen LogP contribution in [0, 0.1) is 12.7 Å². The van der Waals surface area contributed by atoms with Crippen molar-refractivity contribution < 1.29 is 13.9 Å². The highest BCUT2D eigenvalue weighted by atomic mass is 35.5. The number of halogens is 3. The van der Waals surface area contributed by atoms with Gasteiger partial charge in [-0.2, -0.15) is 0 Å². The average molecular weight is 523 g/mol. The molecule has 1 saturated carbocycles. The van der Waals surface area contributed by atoms with E-state index in [-0.39, 0.29) is 40.8 Å². The second-order valence-corrected chi connectivity index (χ2v) is 9.89. The predicted molar refractivity (Wildman–Crippen MR) is 142 cm³/mol. The van der Waals surface area contributed by atoms with Crippen molar-refractivity contribution in [2.45, 2.75) is 38.1 Å². The van der Waals surface area contributed by atoms with Crippen LogP contribution < -0.4 is 10.1 Å². The zero-order valence-corrected chi connectivity index (χ0v) is 21.2. The quantitative estimate of drug-likeness (QED) is 0.242. The molecule has 1 atom stereocenters. The topological polar surface area (TPSA) is 51.2 Å². The van der Waals surface area contributed by atoms with Gasteiger partial charge in [0, 0.05) is 22.3 Å². The Balaban J connectivity index is 1.47. The number of amides is 1. The van der Waals surface area contributed by atoms with E-state index in [9.17, 15) is 4.79 Å². The Morgan fingerprint density at radius 3 is 2.69 bits per heavy atom. The van der Waals surface area contributed by atoms with Gasteiger partial charge in [0.2, 0.25) is 0 Å². The van der Waals surface area contributed by atoms with E-state index in [1.807, 2.05) is 43.3 Å². The summed E-state index contributed by atoms with van der Waals surface area (Å²) in [5, 5.41) is 4.25. The van der Waals surface area contributed by atoms with E-state index in [2.05, 4.69) is 10.3 Å². The van der Waals surface area contributed by atoms with Crippen molar-refractivity contribution in [2.24, 2.45) is 0 Å². The lowest BCUT2D eigenvalue weighted by Gasteiger charge is -2.19. The summed E-state index contributed by atoms with van der Waals surface area (Å²) in [7, 11) is 0. The lowest BCUT2D eigenvalue weighted by molar-refractivity contribution is 0.0940. The fraction of sp³-hybridized carbons (Fsp3) is 0.241. The van der Waals surface area contributed by atoms with Crippen LogP contribution in [-0.2, 0) is 6.42 Å². The summed E-state index contributed by atoms with van der Waals surface area (Å²) >= 11 is 12.7. The minimum absolute atomic E-state index is 0.0749. The predicted octanol–water partition coefficient (Wildman–Crippen LogP) is 7.59. The first-order valence-electron chi connectivity index (χ1n) is 11.9. The molecule has 1 aliphatic carbocycles. The van der Waals surface area contributed by atoms with Crippen molar-refractivity contribution in [3.8, 4) is 11.5 Å². The highest BCUT2D eigenvalue weighted by Crippen LogP contribution is 2.43. The summed E-state index contributed by atoms with van der Waals surface area (Å²) in [6.07, 6.45) is 3.87. The highest BCUT2D eigenvalue weighted by molar-refractivity contribution is 6.31. The zero-order valence-electron chi connectivity index (χ0n) is 19.7. The maximum atomic E-state index is 15.2. The average Bonchev–Trinajstić information content (AvgIpc) is 3.71. The summed E-state index contributed by atoms with van der Waals surface area (Å²) in [5.41, 5.74) is 3.50. The number of rotatable bonds is 8. The third-order valence-electron chi connectivity index (χ3n) is 6.39. The molecule has 1 N–H and O–H groups in total. The molecule has 0 spiro atoms. The van der Waals surface area contributed by atoms with Crippen LogP contribution in [0.25, 0.3) is 10.9 Å². The lowest BCUT2D eigenvalue weighted by atomic mass is 10.0. The Morgan fingerprint density at radius 2 is 1.94 bits per heavy atom. The largest absolute Gasteiger partial charge is 0.452 e. The third-order valence-corrected chi connectivity index (χ3v) is 7.12. The first-order valence-corrected chi connectivity index (χ1v) is 12.8. The number of benzene rings is 3. The second kappa shape index (κ2) is 10.5. The molecule has 1 heterocycles. The van der Waals surface area contributed by atoms with E-state index in [1.165, 1.54) is 6.20 Å². The van der Waals surface area contributed by atoms with Gasteiger partial charge in [0.25, 0.3) is 5.91 Å². The molecule has 184 valence electrons. The van der Waals surface area contributed by atoms with Crippen LogP contribution in [0.5, 0.6) is 11.5 Å². The second-order valence-electron chi connectivity index (χ2n) is 9.17. The first-order chi connectivity index (χ1) is 17.4. The van der Waals surface area contributed by atoms with Crippen LogP contribution in [-0.4, -0.2) is 22.8 Å². The van der Waals surface area contributed by atoms with Crippen LogP contribution in [0.2, 0.25) is 5.02 Å². The number of nitrogens with zero attached hydrogens (tertiary/aromatic N) is 1. The maximum absolute atomic E-state index is 15.2. The van der Waals surface area contributed by atoms with Gasteiger partial charge in [-0.3, -0.25) is 9.78 Å². The van der Waals surface area contributed by atoms with Crippen molar-refractivity contribution in [1.82, 2.24) is 10.3 Å². The number of para-hydroxylation sites is 1. The molecular formula is C29H25Cl2FN2O2. The monoisotopic (exact) mass is 522 g/mol. The maximum Gasteiger partial charge on any atom is 0.256 e. The Hall–Kier alpha value is -3.15. The Morgan fingerprint density at radius 1 is 1.14 bits per heavy atom. The molecule has 0 unspecified atom stereocenters. The van der Waals surface area contributed by atoms with E-state index in [0.717, 1.165) is 24.0 Å². The van der Waals surface area contributed by atoms with Crippen molar-refractivity contribution in [2.75, 3.05) is 5.88 Å². The SMILES string of the molecule is Cc1ccc(C[C@H](CCl)NC(=O)c2c(Oc3cccc(C4CC4)c3F)cnc3ccccc23)c(Cl)c1. The van der Waals surface area contributed by atoms with Gasteiger partial charge >= 0.3 is 0 Å². The van der Waals surface area contributed by atoms with Crippen LogP contribution >= 0.6 is 23.2 Å². The number of pyridine rings is 1. The molecule has 1 amide bonds. The number of hydrogen-bond donors (Lipinski definition) is 1. The molecule has 36 heavy (non-hydrogen) atoms. The van der Waals surface area contributed by atoms with E-state index in [4.69, 9.17) is 27.9 Å². The van der Waals surface area contributed by atoms with Gasteiger partial charge in [-0.15, -0.1) is 11.6 Å². The normalized spacial score (nSPS) is 14.0. The Labute approximate surface area is 219 Å². The molecule has 0 saturated heterocycles. The number of aromatic nitrogens is 1. The number of carbonyl (C=O) groups excluding carboxylic acids is 1. The molecule has 7 heteroatoms. The number of alkyl halides is 1. The smallest absolute Gasteiger partial charge is 0.256 e. The van der Waals surface area contributed by atoms with Crippen LogP contribution in [0.3, 0.4) is 0 Å². The Bertz CT molecular complexity index is 1440. The molecule has 1 fully saturated rings. The van der Waals surface area contributed by atoms with Gasteiger partial charge in [0.05, 0.1) is 17.3 Å². The number of hydrogen-bond acceptors (Lipinski definition) is 3. The number of nitrogens with one attached hydrogen (secondary N) is 1. The fourth-order valence-electron chi connectivity index (χ4n) is 4.35. The molecule has 0 bridgehead atoms. The summed E-state index contributed by atoms with van der Waals surface area (Å²) in [4.78, 5) is 18.1. The molecule has 0 radical (unpaired) electrons. The molecule has 5 rings (SSSR count). The summed E-state index contributed by atoms with van der Waals surface area (Å²) in [6.45, 7) is 1.97. The molecule has 1 aliphatic rings. The van der Waals surface area contributed by atoms with Crippen molar-refractivity contribution in [3.05, 3.63) is 100.0 Å². The van der Waals surface area contributed by atoms with Crippen LogP contribution in [0.4, 0.5) is 4.39 Å². The van der Waals surface area contributed by atoms with Gasteiger partial charge < -0.3 is 10.1 Å². The molecular weight excluding hydrogens is 498 g/mol. The van der Waals surface area contributed by atoms with Gasteiger partial charge in [0.15, 0.2) is 17.3 Å². The van der Waals surface area contributed by atoms with E-state index in [1.54, 1.807) is 24.3 Å². The minimum Gasteiger partial charge on any atom is -0.452 e. The van der Waals surface area contributed by atoms with E-state index in [0.29, 0.717) is 27.9 Å². The number of ether oxygens (including phenoxy) is 1. The standard InChI is InChI=1S/C29H25Cl2FN2O2/c1-17-9-10-19(23(31)13-17)14-20(15-30)34-29(35)27-22-5-2-3-7-24(22)33-16-26(27)36-25-8-4-6-21(28(25)32)18-11-12-18/h2-10,13,16,18,20H,11-12,14-15H2,1H3,(H,34,35)/t20-/m1/s1. The van der Waals surface area contributed by atoms with Gasteiger partial charge in [-0.1, -0.05) is 54.1 Å². The first kappa shape index (κ1) is 24.5. The molecule has 0 aliphatic heterocycles. The molecule has 4 nitrogen and oxygen atoms in total. The van der Waals surface area contributed by atoms with Gasteiger partial charge in [0.1, 0.15) is 0 Å². The molecule has 4 aromatic rings. The van der Waals surface area contributed by atoms with E-state index >= 15 is 4.39 Å². The van der Waals surface area contributed by atoms with Gasteiger partial charge in [-0.05, 0) is 67.0 Å². The summed E-state index contributed by atoms with van der Waals surface area (Å²) < 4.78 is 21.2. The van der Waals surface area contributed by atoms with Crippen LogP contribution in [0.1, 0.15) is 45.8 Å². The highest BCUT2D eigenvalue weighted by Gasteiger charge is 2.29. The zero-order chi connectivity index (χ0) is 25.2. The minimum atomic E-state index is -0.396. The van der Waals surface area contributed by atoms with Crippen molar-refractivity contribution in [3.63, 3.8) is 0 Å². The molecule has 3 aromatic carbocycles. The lowest BCUT2D eigenvalue weighted by Crippen LogP contribution is -2.38. The summed E-state index contributed by atoms with van der Waals surface area (Å²) in [5.74, 6) is -0.106. The summed E-state index contributed by atoms with van der Waals surface area (Å²) in [6, 6.07) is 17.8. The Kier molecular flexibility index (Phi) is 7.13. The van der Waals surface area contributed by atoms with Crippen molar-refractivity contribution >= 4 is 40.0 Å². The number of carbonyl (C=O) groups is 1. The number of fused-ring (bicyclic) bond motifs is 1. The fourth-order valence-corrected chi connectivity index (χ4v) is 4.85. The molecule has 1 aromatic heterocycles. The number of aryl methyl sites for hydroxylation is 1.